The van der Waals surface area contributed by atoms with Gasteiger partial charge < -0.3 is 4.42 Å². The number of carbonyl (C=O) groups excluding carboxylic acids is 1. The summed E-state index contributed by atoms with van der Waals surface area (Å²) in [6, 6.07) is 15.4. The van der Waals surface area contributed by atoms with Gasteiger partial charge in [0.1, 0.15) is 0 Å². The second-order valence-electron chi connectivity index (χ2n) is 5.31. The van der Waals surface area contributed by atoms with Gasteiger partial charge in [-0.15, -0.1) is 5.10 Å². The van der Waals surface area contributed by atoms with Gasteiger partial charge in [0.05, 0.1) is 17.8 Å². The summed E-state index contributed by atoms with van der Waals surface area (Å²) in [7, 11) is 0. The van der Waals surface area contributed by atoms with Crippen LogP contribution in [0.2, 0.25) is 0 Å². The van der Waals surface area contributed by atoms with E-state index in [0.717, 1.165) is 5.56 Å². The monoisotopic (exact) mass is 338 g/mol. The Morgan fingerprint density at radius 1 is 1.04 bits per heavy atom. The van der Waals surface area contributed by atoms with E-state index in [-0.39, 0.29) is 24.0 Å². The molecule has 0 atom stereocenters. The molecule has 25 heavy (non-hydrogen) atoms. The van der Waals surface area contributed by atoms with Gasteiger partial charge in [0.15, 0.2) is 0 Å². The van der Waals surface area contributed by atoms with Gasteiger partial charge in [0, 0.05) is 12.1 Å². The molecule has 0 fully saturated rings. The van der Waals surface area contributed by atoms with E-state index < -0.39 is 4.92 Å². The van der Waals surface area contributed by atoms with Crippen LogP contribution in [0.15, 0.2) is 59.0 Å². The highest BCUT2D eigenvalue weighted by molar-refractivity contribution is 5.90. The highest BCUT2D eigenvalue weighted by atomic mass is 16.6. The first-order chi connectivity index (χ1) is 12.1. The molecule has 0 aliphatic rings. The molecule has 3 rings (SSSR count). The van der Waals surface area contributed by atoms with Crippen molar-refractivity contribution in [3.63, 3.8) is 0 Å². The summed E-state index contributed by atoms with van der Waals surface area (Å²) < 4.78 is 5.40. The number of carbonyl (C=O) groups is 1. The molecule has 0 spiro atoms. The number of hydrogen-bond donors (Lipinski definition) is 1. The Labute approximate surface area is 142 Å². The van der Waals surface area contributed by atoms with Crippen molar-refractivity contribution in [3.8, 4) is 0 Å². The SMILES string of the molecule is O=C(Cc1ccc([N+](=O)[O-])cc1)Nc1nnc(Cc2ccccc2)o1. The second kappa shape index (κ2) is 7.35. The van der Waals surface area contributed by atoms with Crippen LogP contribution >= 0.6 is 0 Å². The fourth-order valence-electron chi connectivity index (χ4n) is 2.23. The van der Waals surface area contributed by atoms with Crippen LogP contribution < -0.4 is 5.32 Å². The summed E-state index contributed by atoms with van der Waals surface area (Å²) in [5.74, 6) is 0.0561. The molecule has 8 heteroatoms. The lowest BCUT2D eigenvalue weighted by molar-refractivity contribution is -0.384. The summed E-state index contributed by atoms with van der Waals surface area (Å²) in [4.78, 5) is 22.1. The first-order valence-electron chi connectivity index (χ1n) is 7.49. The fraction of sp³-hybridized carbons (Fsp3) is 0.118. The summed E-state index contributed by atoms with van der Waals surface area (Å²) in [6.07, 6.45) is 0.528. The molecule has 1 amide bonds. The van der Waals surface area contributed by atoms with Crippen molar-refractivity contribution in [2.45, 2.75) is 12.8 Å². The van der Waals surface area contributed by atoms with E-state index in [4.69, 9.17) is 4.42 Å². The molecule has 0 unspecified atom stereocenters. The minimum Gasteiger partial charge on any atom is -0.407 e. The molecule has 0 radical (unpaired) electrons. The maximum atomic E-state index is 12.0. The molecule has 0 aliphatic carbocycles. The van der Waals surface area contributed by atoms with E-state index in [1.807, 2.05) is 30.3 Å². The van der Waals surface area contributed by atoms with Crippen LogP contribution in [0.4, 0.5) is 11.7 Å². The highest BCUT2D eigenvalue weighted by Gasteiger charge is 2.12. The molecule has 1 N–H and O–H groups in total. The molecule has 0 aliphatic heterocycles. The summed E-state index contributed by atoms with van der Waals surface area (Å²) in [5.41, 5.74) is 1.65. The van der Waals surface area contributed by atoms with Crippen molar-refractivity contribution < 1.29 is 14.1 Å². The van der Waals surface area contributed by atoms with Crippen molar-refractivity contribution in [2.75, 3.05) is 5.32 Å². The summed E-state index contributed by atoms with van der Waals surface area (Å²) in [5, 5.41) is 20.8. The maximum Gasteiger partial charge on any atom is 0.322 e. The number of aromatic nitrogens is 2. The van der Waals surface area contributed by atoms with E-state index in [1.165, 1.54) is 24.3 Å². The van der Waals surface area contributed by atoms with E-state index in [0.29, 0.717) is 17.9 Å². The number of nitro benzene ring substituents is 1. The number of nitro groups is 1. The molecule has 1 aromatic heterocycles. The van der Waals surface area contributed by atoms with Crippen molar-refractivity contribution >= 4 is 17.6 Å². The number of nitrogens with one attached hydrogen (secondary N) is 1. The van der Waals surface area contributed by atoms with E-state index in [1.54, 1.807) is 0 Å². The van der Waals surface area contributed by atoms with Gasteiger partial charge in [0.2, 0.25) is 11.8 Å². The molecule has 0 bridgehead atoms. The minimum atomic E-state index is -0.490. The lowest BCUT2D eigenvalue weighted by Gasteiger charge is -2.01. The van der Waals surface area contributed by atoms with Gasteiger partial charge in [-0.2, -0.15) is 0 Å². The van der Waals surface area contributed by atoms with Gasteiger partial charge in [-0.25, -0.2) is 0 Å². The molecule has 8 nitrogen and oxygen atoms in total. The molecule has 3 aromatic rings. The molecule has 126 valence electrons. The zero-order chi connectivity index (χ0) is 17.6. The van der Waals surface area contributed by atoms with Gasteiger partial charge in [-0.1, -0.05) is 47.6 Å². The lowest BCUT2D eigenvalue weighted by Crippen LogP contribution is -2.14. The third-order valence-corrected chi connectivity index (χ3v) is 3.42. The number of anilines is 1. The Kier molecular flexibility index (Phi) is 4.79. The van der Waals surface area contributed by atoms with Crippen molar-refractivity contribution in [1.82, 2.24) is 10.2 Å². The van der Waals surface area contributed by atoms with Gasteiger partial charge in [-0.05, 0) is 11.1 Å². The van der Waals surface area contributed by atoms with Crippen molar-refractivity contribution in [2.24, 2.45) is 0 Å². The van der Waals surface area contributed by atoms with Crippen LogP contribution in [-0.4, -0.2) is 21.0 Å². The number of benzene rings is 2. The van der Waals surface area contributed by atoms with Crippen molar-refractivity contribution in [3.05, 3.63) is 81.7 Å². The number of non-ortho nitro benzene ring substituents is 1. The average Bonchev–Trinajstić information content (AvgIpc) is 3.03. The van der Waals surface area contributed by atoms with Crippen LogP contribution in [0.3, 0.4) is 0 Å². The molecule has 0 saturated carbocycles. The Balaban J connectivity index is 1.57. The van der Waals surface area contributed by atoms with E-state index in [2.05, 4.69) is 15.5 Å². The molecular weight excluding hydrogens is 324 g/mol. The fourth-order valence-corrected chi connectivity index (χ4v) is 2.23. The minimum absolute atomic E-state index is 0.0217. The van der Waals surface area contributed by atoms with E-state index in [9.17, 15) is 14.9 Å². The second-order valence-corrected chi connectivity index (χ2v) is 5.31. The number of amides is 1. The molecule has 0 saturated heterocycles. The van der Waals surface area contributed by atoms with Gasteiger partial charge in [-0.3, -0.25) is 20.2 Å². The third-order valence-electron chi connectivity index (χ3n) is 3.42. The van der Waals surface area contributed by atoms with Gasteiger partial charge in [0.25, 0.3) is 5.69 Å². The van der Waals surface area contributed by atoms with Crippen LogP contribution in [-0.2, 0) is 17.6 Å². The maximum absolute atomic E-state index is 12.0. The Hall–Kier alpha value is -3.55. The average molecular weight is 338 g/mol. The predicted molar refractivity (Wildman–Crippen MR) is 89.0 cm³/mol. The van der Waals surface area contributed by atoms with Crippen molar-refractivity contribution in [1.29, 1.82) is 0 Å². The Morgan fingerprint density at radius 2 is 1.76 bits per heavy atom. The normalized spacial score (nSPS) is 10.4. The molecule has 1 heterocycles. The topological polar surface area (TPSA) is 111 Å². The van der Waals surface area contributed by atoms with Crippen LogP contribution in [0.5, 0.6) is 0 Å². The number of rotatable bonds is 6. The smallest absolute Gasteiger partial charge is 0.322 e. The number of nitrogens with zero attached hydrogens (tertiary/aromatic N) is 3. The molecular formula is C17H14N4O4. The largest absolute Gasteiger partial charge is 0.407 e. The quantitative estimate of drug-likeness (QED) is 0.546. The zero-order valence-corrected chi connectivity index (χ0v) is 13.1. The van der Waals surface area contributed by atoms with Crippen LogP contribution in [0.1, 0.15) is 17.0 Å². The lowest BCUT2D eigenvalue weighted by atomic mass is 10.1. The third kappa shape index (κ3) is 4.47. The highest BCUT2D eigenvalue weighted by Crippen LogP contribution is 2.14. The summed E-state index contributed by atoms with van der Waals surface area (Å²) in [6.45, 7) is 0. The predicted octanol–water partition coefficient (Wildman–Crippen LogP) is 2.75. The Bertz CT molecular complexity index is 875. The van der Waals surface area contributed by atoms with Crippen LogP contribution in [0, 0.1) is 10.1 Å². The standard InChI is InChI=1S/C17H14N4O4/c22-15(10-13-6-8-14(9-7-13)21(23)24)18-17-20-19-16(25-17)11-12-4-2-1-3-5-12/h1-9H,10-11H2,(H,18,20,22). The van der Waals surface area contributed by atoms with E-state index >= 15 is 0 Å². The van der Waals surface area contributed by atoms with Gasteiger partial charge >= 0.3 is 6.01 Å². The summed E-state index contributed by atoms with van der Waals surface area (Å²) >= 11 is 0. The number of hydrogen-bond acceptors (Lipinski definition) is 6. The zero-order valence-electron chi connectivity index (χ0n) is 13.1. The first kappa shape index (κ1) is 16.3. The Morgan fingerprint density at radius 3 is 2.44 bits per heavy atom. The first-order valence-corrected chi connectivity index (χ1v) is 7.49. The van der Waals surface area contributed by atoms with Crippen LogP contribution in [0.25, 0.3) is 0 Å². The molecule has 2 aromatic carbocycles.